The summed E-state index contributed by atoms with van der Waals surface area (Å²) in [4.78, 5) is 14.7. The predicted molar refractivity (Wildman–Crippen MR) is 98.5 cm³/mol. The number of methoxy groups -OCH3 is 1. The number of aliphatic hydroxyl groups excluding tert-OH is 1. The highest BCUT2D eigenvalue weighted by Gasteiger charge is 2.30. The third-order valence-corrected chi connectivity index (χ3v) is 4.78. The Hall–Kier alpha value is -2.61. The lowest BCUT2D eigenvalue weighted by Crippen LogP contribution is -2.45. The van der Waals surface area contributed by atoms with E-state index < -0.39 is 11.9 Å². The number of hydrogen-bond acceptors (Lipinski definition) is 6. The number of halogens is 1. The summed E-state index contributed by atoms with van der Waals surface area (Å²) >= 11 is 0. The predicted octanol–water partition coefficient (Wildman–Crippen LogP) is 2.59. The van der Waals surface area contributed by atoms with Crippen LogP contribution in [0.15, 0.2) is 22.7 Å². The lowest BCUT2D eigenvalue weighted by atomic mass is 9.92. The number of anilines is 1. The molecule has 2 atom stereocenters. The van der Waals surface area contributed by atoms with Crippen molar-refractivity contribution in [2.24, 2.45) is 0 Å². The molecule has 8 heteroatoms. The van der Waals surface area contributed by atoms with Gasteiger partial charge in [-0.1, -0.05) is 18.0 Å². The first-order chi connectivity index (χ1) is 12.9. The number of aliphatic hydroxyl groups is 1. The number of carbonyl (C=O) groups excluding carboxylic acids is 1. The fraction of sp³-hybridized carbons (Fsp3) is 0.474. The van der Waals surface area contributed by atoms with E-state index >= 15 is 0 Å². The Balaban J connectivity index is 1.98. The molecule has 1 aliphatic carbocycles. The maximum Gasteiger partial charge on any atom is 0.259 e. The zero-order valence-electron chi connectivity index (χ0n) is 15.7. The van der Waals surface area contributed by atoms with Gasteiger partial charge < -0.3 is 24.6 Å². The molecule has 1 heterocycles. The Morgan fingerprint density at radius 1 is 1.37 bits per heavy atom. The van der Waals surface area contributed by atoms with E-state index in [4.69, 9.17) is 9.26 Å². The van der Waals surface area contributed by atoms with E-state index in [1.165, 1.54) is 25.3 Å². The molecule has 0 bridgehead atoms. The second-order valence-electron chi connectivity index (χ2n) is 6.89. The van der Waals surface area contributed by atoms with Gasteiger partial charge in [0.05, 0.1) is 19.3 Å². The van der Waals surface area contributed by atoms with Crippen molar-refractivity contribution in [3.05, 3.63) is 29.6 Å². The standard InChI is InChI=1S/C19H24FN3O4/c1-23(2)18-16(19(25)21-13-6-4-5-7-14(13)24)17(27-22-18)11-8-9-12(20)15(10-11)26-3/h8-10,13-14,24H,4-7H2,1-3H3,(H,21,25)/t13-,14-/m1/s1. The Labute approximate surface area is 157 Å². The molecule has 0 spiro atoms. The number of ether oxygens (including phenoxy) is 1. The molecule has 1 aromatic carbocycles. The lowest BCUT2D eigenvalue weighted by Gasteiger charge is -2.28. The number of rotatable bonds is 5. The van der Waals surface area contributed by atoms with Gasteiger partial charge in [0.15, 0.2) is 23.1 Å². The molecule has 0 unspecified atom stereocenters. The second-order valence-corrected chi connectivity index (χ2v) is 6.89. The third kappa shape index (κ3) is 3.90. The zero-order valence-corrected chi connectivity index (χ0v) is 15.7. The normalized spacial score (nSPS) is 19.6. The first-order valence-corrected chi connectivity index (χ1v) is 8.92. The molecule has 146 valence electrons. The molecule has 2 N–H and O–H groups in total. The van der Waals surface area contributed by atoms with Crippen LogP contribution in [0.2, 0.25) is 0 Å². The van der Waals surface area contributed by atoms with E-state index in [1.807, 2.05) is 0 Å². The molecule has 2 aromatic rings. The van der Waals surface area contributed by atoms with Crippen molar-refractivity contribution >= 4 is 11.7 Å². The van der Waals surface area contributed by atoms with Crippen molar-refractivity contribution in [1.82, 2.24) is 10.5 Å². The van der Waals surface area contributed by atoms with Crippen LogP contribution in [0.4, 0.5) is 10.2 Å². The smallest absolute Gasteiger partial charge is 0.259 e. The molecule has 3 rings (SSSR count). The minimum atomic E-state index is -0.570. The molecule has 1 saturated carbocycles. The second kappa shape index (κ2) is 7.96. The fourth-order valence-corrected chi connectivity index (χ4v) is 3.31. The first-order valence-electron chi connectivity index (χ1n) is 8.92. The van der Waals surface area contributed by atoms with Crippen molar-refractivity contribution in [3.8, 4) is 17.1 Å². The molecule has 1 amide bonds. The van der Waals surface area contributed by atoms with E-state index in [9.17, 15) is 14.3 Å². The summed E-state index contributed by atoms with van der Waals surface area (Å²) in [5, 5.41) is 17.0. The molecule has 0 aliphatic heterocycles. The summed E-state index contributed by atoms with van der Waals surface area (Å²) in [6, 6.07) is 3.90. The fourth-order valence-electron chi connectivity index (χ4n) is 3.31. The van der Waals surface area contributed by atoms with Gasteiger partial charge in [-0.05, 0) is 31.0 Å². The van der Waals surface area contributed by atoms with E-state index in [0.717, 1.165) is 19.3 Å². The van der Waals surface area contributed by atoms with Gasteiger partial charge in [0.25, 0.3) is 5.91 Å². The Bertz CT molecular complexity index is 821. The summed E-state index contributed by atoms with van der Waals surface area (Å²) in [6.45, 7) is 0. The van der Waals surface area contributed by atoms with Crippen molar-refractivity contribution in [1.29, 1.82) is 0 Å². The van der Waals surface area contributed by atoms with Crippen LogP contribution in [0.3, 0.4) is 0 Å². The first kappa shape index (κ1) is 19.2. The molecular weight excluding hydrogens is 353 g/mol. The number of carbonyl (C=O) groups is 1. The molecule has 7 nitrogen and oxygen atoms in total. The Morgan fingerprint density at radius 3 is 2.78 bits per heavy atom. The Morgan fingerprint density at radius 2 is 2.11 bits per heavy atom. The van der Waals surface area contributed by atoms with Gasteiger partial charge in [-0.25, -0.2) is 4.39 Å². The highest BCUT2D eigenvalue weighted by molar-refractivity contribution is 6.04. The van der Waals surface area contributed by atoms with Gasteiger partial charge >= 0.3 is 0 Å². The SMILES string of the molecule is COc1cc(-c2onc(N(C)C)c2C(=O)N[C@@H]2CCCC[C@H]2O)ccc1F. The van der Waals surface area contributed by atoms with Crippen molar-refractivity contribution in [2.45, 2.75) is 37.8 Å². The Kier molecular flexibility index (Phi) is 5.65. The minimum Gasteiger partial charge on any atom is -0.494 e. The molecule has 0 radical (unpaired) electrons. The maximum absolute atomic E-state index is 13.7. The number of hydrogen-bond donors (Lipinski definition) is 2. The number of aromatic nitrogens is 1. The largest absolute Gasteiger partial charge is 0.494 e. The number of amides is 1. The average Bonchev–Trinajstić information content (AvgIpc) is 3.09. The van der Waals surface area contributed by atoms with Crippen LogP contribution in [0.25, 0.3) is 11.3 Å². The lowest BCUT2D eigenvalue weighted by molar-refractivity contribution is 0.0718. The quantitative estimate of drug-likeness (QED) is 0.833. The molecule has 27 heavy (non-hydrogen) atoms. The van der Waals surface area contributed by atoms with E-state index in [-0.39, 0.29) is 29.0 Å². The van der Waals surface area contributed by atoms with Gasteiger partial charge in [-0.15, -0.1) is 0 Å². The monoisotopic (exact) mass is 377 g/mol. The van der Waals surface area contributed by atoms with E-state index in [2.05, 4.69) is 10.5 Å². The topological polar surface area (TPSA) is 87.8 Å². The summed E-state index contributed by atoms with van der Waals surface area (Å²) in [5.41, 5.74) is 0.717. The molecule has 1 aliphatic rings. The summed E-state index contributed by atoms with van der Waals surface area (Å²) in [7, 11) is 4.87. The summed E-state index contributed by atoms with van der Waals surface area (Å²) in [6.07, 6.45) is 2.71. The highest BCUT2D eigenvalue weighted by atomic mass is 19.1. The van der Waals surface area contributed by atoms with Crippen LogP contribution >= 0.6 is 0 Å². The van der Waals surface area contributed by atoms with Crippen LogP contribution in [-0.2, 0) is 0 Å². The van der Waals surface area contributed by atoms with E-state index in [1.54, 1.807) is 19.0 Å². The molecular formula is C19H24FN3O4. The van der Waals surface area contributed by atoms with Crippen LogP contribution in [0.1, 0.15) is 36.0 Å². The van der Waals surface area contributed by atoms with Crippen LogP contribution in [0.5, 0.6) is 5.75 Å². The van der Waals surface area contributed by atoms with Crippen molar-refractivity contribution < 1.29 is 23.6 Å². The number of nitrogens with one attached hydrogen (secondary N) is 1. The maximum atomic E-state index is 13.7. The molecule has 1 fully saturated rings. The van der Waals surface area contributed by atoms with Crippen LogP contribution in [-0.4, -0.2) is 49.5 Å². The summed E-state index contributed by atoms with van der Waals surface area (Å²) < 4.78 is 24.2. The zero-order chi connectivity index (χ0) is 19.6. The van der Waals surface area contributed by atoms with Crippen LogP contribution < -0.4 is 15.0 Å². The molecule has 0 saturated heterocycles. The van der Waals surface area contributed by atoms with Gasteiger partial charge in [0, 0.05) is 19.7 Å². The number of benzene rings is 1. The van der Waals surface area contributed by atoms with Crippen LogP contribution in [0, 0.1) is 5.82 Å². The van der Waals surface area contributed by atoms with Gasteiger partial charge in [0.1, 0.15) is 5.56 Å². The minimum absolute atomic E-state index is 0.0457. The van der Waals surface area contributed by atoms with Gasteiger partial charge in [-0.2, -0.15) is 0 Å². The molecule has 1 aromatic heterocycles. The van der Waals surface area contributed by atoms with E-state index in [0.29, 0.717) is 17.8 Å². The summed E-state index contributed by atoms with van der Waals surface area (Å²) in [5.74, 6) is -0.269. The average molecular weight is 377 g/mol. The van der Waals surface area contributed by atoms with Crippen molar-refractivity contribution in [2.75, 3.05) is 26.1 Å². The van der Waals surface area contributed by atoms with Gasteiger partial charge in [0.2, 0.25) is 0 Å². The number of nitrogens with zero attached hydrogens (tertiary/aromatic N) is 2. The van der Waals surface area contributed by atoms with Gasteiger partial charge in [-0.3, -0.25) is 4.79 Å². The highest BCUT2D eigenvalue weighted by Crippen LogP contribution is 2.33. The van der Waals surface area contributed by atoms with Crippen molar-refractivity contribution in [3.63, 3.8) is 0 Å². The third-order valence-electron chi connectivity index (χ3n) is 4.78.